The SMILES string of the molecule is O=C(O)c1sc2c(F)c(F)c(F)cc2c1Cl. The molecule has 0 saturated heterocycles. The second kappa shape index (κ2) is 3.64. The van der Waals surface area contributed by atoms with Crippen LogP contribution in [0.2, 0.25) is 5.02 Å². The van der Waals surface area contributed by atoms with Crippen molar-refractivity contribution in [3.63, 3.8) is 0 Å². The third-order valence-corrected chi connectivity index (χ3v) is 3.64. The quantitative estimate of drug-likeness (QED) is 0.800. The molecule has 0 spiro atoms. The van der Waals surface area contributed by atoms with Crippen LogP contribution in [-0.4, -0.2) is 11.1 Å². The maximum Gasteiger partial charge on any atom is 0.347 e. The summed E-state index contributed by atoms with van der Waals surface area (Å²) in [4.78, 5) is 10.3. The predicted molar refractivity (Wildman–Crippen MR) is 53.7 cm³/mol. The first-order valence-electron chi connectivity index (χ1n) is 3.92. The minimum Gasteiger partial charge on any atom is -0.477 e. The maximum atomic E-state index is 13.3. The van der Waals surface area contributed by atoms with Crippen molar-refractivity contribution < 1.29 is 23.1 Å². The van der Waals surface area contributed by atoms with Crippen molar-refractivity contribution in [3.8, 4) is 0 Å². The minimum absolute atomic E-state index is 0.138. The molecule has 2 rings (SSSR count). The van der Waals surface area contributed by atoms with Crippen LogP contribution in [0.3, 0.4) is 0 Å². The van der Waals surface area contributed by atoms with Gasteiger partial charge < -0.3 is 5.11 Å². The topological polar surface area (TPSA) is 37.3 Å². The molecule has 2 nitrogen and oxygen atoms in total. The zero-order valence-corrected chi connectivity index (χ0v) is 8.93. The van der Waals surface area contributed by atoms with Gasteiger partial charge in [-0.15, -0.1) is 11.3 Å². The molecule has 0 bridgehead atoms. The van der Waals surface area contributed by atoms with Gasteiger partial charge in [0.05, 0.1) is 9.72 Å². The lowest BCUT2D eigenvalue weighted by Gasteiger charge is -1.96. The predicted octanol–water partition coefficient (Wildman–Crippen LogP) is 3.67. The number of halogens is 4. The van der Waals surface area contributed by atoms with Crippen molar-refractivity contribution in [2.75, 3.05) is 0 Å². The maximum absolute atomic E-state index is 13.3. The number of hydrogen-bond acceptors (Lipinski definition) is 2. The van der Waals surface area contributed by atoms with Crippen LogP contribution in [0.1, 0.15) is 9.67 Å². The molecule has 0 unspecified atom stereocenters. The normalized spacial score (nSPS) is 11.0. The van der Waals surface area contributed by atoms with E-state index in [0.29, 0.717) is 17.4 Å². The zero-order valence-electron chi connectivity index (χ0n) is 7.35. The summed E-state index contributed by atoms with van der Waals surface area (Å²) in [6.45, 7) is 0. The molecular weight excluding hydrogens is 265 g/mol. The first kappa shape index (κ1) is 11.2. The van der Waals surface area contributed by atoms with Crippen molar-refractivity contribution in [1.29, 1.82) is 0 Å². The lowest BCUT2D eigenvalue weighted by molar-refractivity contribution is 0.0702. The number of rotatable bonds is 1. The summed E-state index contributed by atoms with van der Waals surface area (Å²) < 4.78 is 38.7. The fourth-order valence-corrected chi connectivity index (χ4v) is 2.59. The van der Waals surface area contributed by atoms with Gasteiger partial charge in [-0.25, -0.2) is 18.0 Å². The third kappa shape index (κ3) is 1.45. The fourth-order valence-electron chi connectivity index (χ4n) is 1.25. The number of carboxylic acid groups (broad SMARTS) is 1. The Labute approximate surface area is 95.9 Å². The zero-order chi connectivity index (χ0) is 12.0. The van der Waals surface area contributed by atoms with Crippen molar-refractivity contribution >= 4 is 39.0 Å². The second-order valence-corrected chi connectivity index (χ2v) is 4.31. The Morgan fingerprint density at radius 3 is 2.50 bits per heavy atom. The monoisotopic (exact) mass is 266 g/mol. The standard InChI is InChI=1S/C9H2ClF3O2S/c10-4-2-1-3(11)5(12)6(13)7(2)16-8(4)9(14)15/h1H,(H,14,15). The van der Waals surface area contributed by atoms with Crippen LogP contribution in [0.15, 0.2) is 6.07 Å². The largest absolute Gasteiger partial charge is 0.477 e. The van der Waals surface area contributed by atoms with E-state index < -0.39 is 23.4 Å². The summed E-state index contributed by atoms with van der Waals surface area (Å²) in [5, 5.41) is 8.29. The molecule has 0 aliphatic carbocycles. The second-order valence-electron chi connectivity index (χ2n) is 2.91. The summed E-state index contributed by atoms with van der Waals surface area (Å²) in [6, 6.07) is 0.680. The van der Waals surface area contributed by atoms with E-state index in [-0.39, 0.29) is 20.0 Å². The van der Waals surface area contributed by atoms with Gasteiger partial charge in [-0.1, -0.05) is 11.6 Å². The molecule has 7 heteroatoms. The number of thiophene rings is 1. The smallest absolute Gasteiger partial charge is 0.347 e. The van der Waals surface area contributed by atoms with Gasteiger partial charge in [-0.2, -0.15) is 0 Å². The summed E-state index contributed by atoms with van der Waals surface area (Å²) in [6.07, 6.45) is 0. The first-order valence-corrected chi connectivity index (χ1v) is 5.11. The summed E-state index contributed by atoms with van der Waals surface area (Å²) in [7, 11) is 0. The van der Waals surface area contributed by atoms with Crippen molar-refractivity contribution in [1.82, 2.24) is 0 Å². The fraction of sp³-hybridized carbons (Fsp3) is 0. The first-order chi connectivity index (χ1) is 7.43. The van der Waals surface area contributed by atoms with Gasteiger partial charge in [0.1, 0.15) is 4.88 Å². The Balaban J connectivity index is 2.92. The Morgan fingerprint density at radius 1 is 1.31 bits per heavy atom. The summed E-state index contributed by atoms with van der Waals surface area (Å²) >= 11 is 6.09. The highest BCUT2D eigenvalue weighted by Crippen LogP contribution is 2.38. The Hall–Kier alpha value is -1.27. The molecule has 16 heavy (non-hydrogen) atoms. The number of aromatic carboxylic acids is 1. The lowest BCUT2D eigenvalue weighted by Crippen LogP contribution is -1.91. The van der Waals surface area contributed by atoms with E-state index in [1.54, 1.807) is 0 Å². The van der Waals surface area contributed by atoms with Gasteiger partial charge in [0.2, 0.25) is 0 Å². The van der Waals surface area contributed by atoms with Crippen molar-refractivity contribution in [2.45, 2.75) is 0 Å². The van der Waals surface area contributed by atoms with Gasteiger partial charge in [-0.05, 0) is 6.07 Å². The number of hydrogen-bond donors (Lipinski definition) is 1. The molecule has 1 N–H and O–H groups in total. The molecule has 0 radical (unpaired) electrons. The van der Waals surface area contributed by atoms with Crippen LogP contribution in [-0.2, 0) is 0 Å². The average molecular weight is 267 g/mol. The van der Waals surface area contributed by atoms with Crippen LogP contribution in [0.25, 0.3) is 10.1 Å². The van der Waals surface area contributed by atoms with Crippen molar-refractivity contribution in [3.05, 3.63) is 33.4 Å². The Morgan fingerprint density at radius 2 is 1.94 bits per heavy atom. The lowest BCUT2D eigenvalue weighted by atomic mass is 10.2. The van der Waals surface area contributed by atoms with Crippen LogP contribution >= 0.6 is 22.9 Å². The van der Waals surface area contributed by atoms with Gasteiger partial charge >= 0.3 is 5.97 Å². The number of carboxylic acids is 1. The minimum atomic E-state index is -1.64. The molecule has 1 aromatic heterocycles. The molecule has 0 fully saturated rings. The van der Waals surface area contributed by atoms with E-state index in [1.165, 1.54) is 0 Å². The Bertz CT molecular complexity index is 609. The third-order valence-electron chi connectivity index (χ3n) is 1.95. The molecule has 0 saturated carbocycles. The van der Waals surface area contributed by atoms with Gasteiger partial charge in [-0.3, -0.25) is 0 Å². The van der Waals surface area contributed by atoms with Crippen LogP contribution < -0.4 is 0 Å². The van der Waals surface area contributed by atoms with Crippen LogP contribution in [0.4, 0.5) is 13.2 Å². The van der Waals surface area contributed by atoms with Crippen molar-refractivity contribution in [2.24, 2.45) is 0 Å². The molecule has 0 amide bonds. The van der Waals surface area contributed by atoms with Gasteiger partial charge in [0.25, 0.3) is 0 Å². The van der Waals surface area contributed by atoms with E-state index in [9.17, 15) is 18.0 Å². The molecule has 84 valence electrons. The highest BCUT2D eigenvalue weighted by molar-refractivity contribution is 7.21. The van der Waals surface area contributed by atoms with E-state index >= 15 is 0 Å². The molecule has 0 aliphatic rings. The molecule has 2 aromatic rings. The highest BCUT2D eigenvalue weighted by atomic mass is 35.5. The molecule has 1 aromatic carbocycles. The number of benzene rings is 1. The van der Waals surface area contributed by atoms with E-state index in [1.807, 2.05) is 0 Å². The summed E-state index contributed by atoms with van der Waals surface area (Å²) in [5.41, 5.74) is 0. The number of fused-ring (bicyclic) bond motifs is 1. The Kier molecular flexibility index (Phi) is 2.55. The highest BCUT2D eigenvalue weighted by Gasteiger charge is 2.22. The number of carbonyl (C=O) groups is 1. The van der Waals surface area contributed by atoms with E-state index in [4.69, 9.17) is 16.7 Å². The van der Waals surface area contributed by atoms with E-state index in [2.05, 4.69) is 0 Å². The average Bonchev–Trinajstić information content (AvgIpc) is 2.54. The molecule has 0 atom stereocenters. The van der Waals surface area contributed by atoms with Crippen LogP contribution in [0.5, 0.6) is 0 Å². The molecule has 0 aliphatic heterocycles. The molecule has 1 heterocycles. The summed E-state index contributed by atoms with van der Waals surface area (Å²) in [5.74, 6) is -5.83. The van der Waals surface area contributed by atoms with E-state index in [0.717, 1.165) is 0 Å². The van der Waals surface area contributed by atoms with Gasteiger partial charge in [0.15, 0.2) is 17.5 Å². The molecular formula is C9H2ClF3O2S. The van der Waals surface area contributed by atoms with Crippen LogP contribution in [0, 0.1) is 17.5 Å². The van der Waals surface area contributed by atoms with Gasteiger partial charge in [0, 0.05) is 5.39 Å².